The van der Waals surface area contributed by atoms with Gasteiger partial charge in [-0.3, -0.25) is 4.79 Å². The molecule has 0 atom stereocenters. The molecule has 2 N–H and O–H groups in total. The summed E-state index contributed by atoms with van der Waals surface area (Å²) in [6.45, 7) is 2.79. The lowest BCUT2D eigenvalue weighted by atomic mass is 10.1. The standard InChI is InChI=1S/C16H13NO3S/c1-2-17-10-4-6-13-12(8-10)15(18)11-5-3-9(16(19)20)7-14(11)21-13/h3-8,17H,2H2,1H3,(H,19,20). The van der Waals surface area contributed by atoms with Crippen molar-refractivity contribution in [2.24, 2.45) is 0 Å². The molecule has 0 bridgehead atoms. The van der Waals surface area contributed by atoms with E-state index < -0.39 is 5.97 Å². The first-order valence-corrected chi connectivity index (χ1v) is 7.39. The van der Waals surface area contributed by atoms with Gasteiger partial charge in [0.1, 0.15) is 0 Å². The van der Waals surface area contributed by atoms with E-state index in [1.165, 1.54) is 17.4 Å². The Bertz CT molecular complexity index is 914. The van der Waals surface area contributed by atoms with E-state index in [9.17, 15) is 9.59 Å². The Hall–Kier alpha value is -2.40. The van der Waals surface area contributed by atoms with Crippen LogP contribution in [0.1, 0.15) is 17.3 Å². The van der Waals surface area contributed by atoms with Crippen molar-refractivity contribution in [2.45, 2.75) is 6.92 Å². The van der Waals surface area contributed by atoms with Crippen molar-refractivity contribution in [3.05, 3.63) is 52.2 Å². The fourth-order valence-electron chi connectivity index (χ4n) is 2.30. The van der Waals surface area contributed by atoms with Crippen LogP contribution in [0.3, 0.4) is 0 Å². The topological polar surface area (TPSA) is 66.4 Å². The summed E-state index contributed by atoms with van der Waals surface area (Å²) in [7, 11) is 0. The molecule has 3 aromatic rings. The summed E-state index contributed by atoms with van der Waals surface area (Å²) in [5.41, 5.74) is 1.05. The molecule has 0 spiro atoms. The van der Waals surface area contributed by atoms with E-state index in [1.807, 2.05) is 25.1 Å². The number of benzene rings is 2. The van der Waals surface area contributed by atoms with Crippen LogP contribution in [0, 0.1) is 0 Å². The fraction of sp³-hybridized carbons (Fsp3) is 0.125. The third-order valence-electron chi connectivity index (χ3n) is 3.30. The summed E-state index contributed by atoms with van der Waals surface area (Å²) in [4.78, 5) is 23.6. The zero-order valence-corrected chi connectivity index (χ0v) is 12.2. The molecule has 0 unspecified atom stereocenters. The molecule has 0 amide bonds. The summed E-state index contributed by atoms with van der Waals surface area (Å²) in [6.07, 6.45) is 0. The lowest BCUT2D eigenvalue weighted by Crippen LogP contribution is -2.04. The van der Waals surface area contributed by atoms with E-state index in [0.29, 0.717) is 15.5 Å². The number of hydrogen-bond donors (Lipinski definition) is 2. The van der Waals surface area contributed by atoms with Crippen molar-refractivity contribution in [3.63, 3.8) is 0 Å². The minimum Gasteiger partial charge on any atom is -0.478 e. The van der Waals surface area contributed by atoms with Crippen LogP contribution < -0.4 is 10.7 Å². The van der Waals surface area contributed by atoms with E-state index >= 15 is 0 Å². The second kappa shape index (κ2) is 5.18. The average molecular weight is 299 g/mol. The number of rotatable bonds is 3. The molecule has 0 fully saturated rings. The zero-order chi connectivity index (χ0) is 15.0. The van der Waals surface area contributed by atoms with Gasteiger partial charge < -0.3 is 10.4 Å². The van der Waals surface area contributed by atoms with Gasteiger partial charge in [-0.25, -0.2) is 4.79 Å². The van der Waals surface area contributed by atoms with Crippen LogP contribution in [0.4, 0.5) is 5.69 Å². The fourth-order valence-corrected chi connectivity index (χ4v) is 3.39. The first-order chi connectivity index (χ1) is 10.1. The van der Waals surface area contributed by atoms with Gasteiger partial charge in [-0.1, -0.05) is 0 Å². The van der Waals surface area contributed by atoms with Crippen molar-refractivity contribution in [1.29, 1.82) is 0 Å². The maximum absolute atomic E-state index is 12.6. The summed E-state index contributed by atoms with van der Waals surface area (Å²) in [5.74, 6) is -0.987. The summed E-state index contributed by atoms with van der Waals surface area (Å²) >= 11 is 1.43. The second-order valence-corrected chi connectivity index (χ2v) is 5.77. The highest BCUT2D eigenvalue weighted by Gasteiger charge is 2.10. The number of hydrogen-bond acceptors (Lipinski definition) is 4. The maximum Gasteiger partial charge on any atom is 0.335 e. The van der Waals surface area contributed by atoms with Gasteiger partial charge in [-0.15, -0.1) is 11.3 Å². The highest BCUT2D eigenvalue weighted by atomic mass is 32.1. The molecule has 0 radical (unpaired) electrons. The van der Waals surface area contributed by atoms with E-state index in [0.717, 1.165) is 16.9 Å². The van der Waals surface area contributed by atoms with Gasteiger partial charge >= 0.3 is 5.97 Å². The molecule has 21 heavy (non-hydrogen) atoms. The van der Waals surface area contributed by atoms with E-state index in [2.05, 4.69) is 5.32 Å². The molecule has 5 heteroatoms. The van der Waals surface area contributed by atoms with Gasteiger partial charge in [-0.2, -0.15) is 0 Å². The van der Waals surface area contributed by atoms with E-state index in [1.54, 1.807) is 12.1 Å². The smallest absolute Gasteiger partial charge is 0.335 e. The molecule has 106 valence electrons. The number of anilines is 1. The Kier molecular flexibility index (Phi) is 3.35. The van der Waals surface area contributed by atoms with Gasteiger partial charge in [0.25, 0.3) is 0 Å². The number of carboxylic acid groups (broad SMARTS) is 1. The molecule has 0 saturated carbocycles. The highest BCUT2D eigenvalue weighted by molar-refractivity contribution is 7.24. The molecule has 2 aromatic carbocycles. The van der Waals surface area contributed by atoms with Gasteiger partial charge in [0.15, 0.2) is 5.43 Å². The Morgan fingerprint density at radius 2 is 1.95 bits per heavy atom. The van der Waals surface area contributed by atoms with Gasteiger partial charge in [0.2, 0.25) is 0 Å². The normalized spacial score (nSPS) is 10.9. The molecule has 0 aliphatic carbocycles. The number of nitrogens with one attached hydrogen (secondary N) is 1. The van der Waals surface area contributed by atoms with Crippen molar-refractivity contribution >= 4 is 43.2 Å². The van der Waals surface area contributed by atoms with Crippen LogP contribution in [0.2, 0.25) is 0 Å². The number of carboxylic acids is 1. The van der Waals surface area contributed by atoms with Crippen molar-refractivity contribution < 1.29 is 9.90 Å². The monoisotopic (exact) mass is 299 g/mol. The van der Waals surface area contributed by atoms with Crippen molar-refractivity contribution in [1.82, 2.24) is 0 Å². The van der Waals surface area contributed by atoms with Crippen molar-refractivity contribution in [3.8, 4) is 0 Å². The maximum atomic E-state index is 12.6. The van der Waals surface area contributed by atoms with E-state index in [4.69, 9.17) is 5.11 Å². The molecule has 1 heterocycles. The van der Waals surface area contributed by atoms with Crippen LogP contribution >= 0.6 is 11.3 Å². The van der Waals surface area contributed by atoms with Crippen LogP contribution in [0.5, 0.6) is 0 Å². The van der Waals surface area contributed by atoms with Crippen LogP contribution in [-0.2, 0) is 0 Å². The average Bonchev–Trinajstić information content (AvgIpc) is 2.48. The Labute approximate surface area is 124 Å². The zero-order valence-electron chi connectivity index (χ0n) is 11.3. The third-order valence-corrected chi connectivity index (χ3v) is 4.43. The lowest BCUT2D eigenvalue weighted by molar-refractivity contribution is 0.0697. The van der Waals surface area contributed by atoms with Crippen LogP contribution in [0.15, 0.2) is 41.2 Å². The number of fused-ring (bicyclic) bond motifs is 2. The largest absolute Gasteiger partial charge is 0.478 e. The van der Waals surface area contributed by atoms with Crippen LogP contribution in [0.25, 0.3) is 20.2 Å². The minimum absolute atomic E-state index is 0.0598. The second-order valence-electron chi connectivity index (χ2n) is 4.69. The first-order valence-electron chi connectivity index (χ1n) is 6.58. The third kappa shape index (κ3) is 2.36. The van der Waals surface area contributed by atoms with Crippen LogP contribution in [-0.4, -0.2) is 17.6 Å². The van der Waals surface area contributed by atoms with Gasteiger partial charge in [-0.05, 0) is 43.3 Å². The quantitative estimate of drug-likeness (QED) is 0.726. The number of aromatic carboxylic acids is 1. The molecule has 3 rings (SSSR count). The Morgan fingerprint density at radius 3 is 2.67 bits per heavy atom. The Balaban J connectivity index is 2.32. The Morgan fingerprint density at radius 1 is 1.14 bits per heavy atom. The molecule has 0 aliphatic heterocycles. The predicted molar refractivity (Wildman–Crippen MR) is 86.7 cm³/mol. The molecule has 4 nitrogen and oxygen atoms in total. The summed E-state index contributed by atoms with van der Waals surface area (Å²) in [5, 5.41) is 13.4. The highest BCUT2D eigenvalue weighted by Crippen LogP contribution is 2.27. The SMILES string of the molecule is CCNc1ccc2sc3cc(C(=O)O)ccc3c(=O)c2c1. The molecule has 1 aromatic heterocycles. The molecule has 0 saturated heterocycles. The number of carbonyl (C=O) groups is 1. The first kappa shape index (κ1) is 13.6. The van der Waals surface area contributed by atoms with Crippen molar-refractivity contribution in [2.75, 3.05) is 11.9 Å². The van der Waals surface area contributed by atoms with Gasteiger partial charge in [0, 0.05) is 32.4 Å². The predicted octanol–water partition coefficient (Wildman–Crippen LogP) is 3.54. The summed E-state index contributed by atoms with van der Waals surface area (Å²) in [6, 6.07) is 10.3. The molecular formula is C16H13NO3S. The van der Waals surface area contributed by atoms with E-state index in [-0.39, 0.29) is 11.0 Å². The summed E-state index contributed by atoms with van der Waals surface area (Å²) < 4.78 is 1.56. The minimum atomic E-state index is -0.987. The molecule has 0 aliphatic rings. The van der Waals surface area contributed by atoms with Gasteiger partial charge in [0.05, 0.1) is 5.56 Å². The molecular weight excluding hydrogens is 286 g/mol. The lowest BCUT2D eigenvalue weighted by Gasteiger charge is -2.06.